The fourth-order valence-electron chi connectivity index (χ4n) is 3.82. The average molecular weight is 304 g/mol. The molecular formula is C17H24N2OS. The van der Waals surface area contributed by atoms with E-state index in [2.05, 4.69) is 31.3 Å². The topological polar surface area (TPSA) is 41.5 Å². The van der Waals surface area contributed by atoms with Crippen LogP contribution in [0.2, 0.25) is 0 Å². The number of amides is 1. The van der Waals surface area contributed by atoms with Gasteiger partial charge in [0, 0.05) is 21.9 Å². The molecule has 1 aromatic rings. The van der Waals surface area contributed by atoms with Crippen LogP contribution in [0.15, 0.2) is 16.5 Å². The first-order valence-electron chi connectivity index (χ1n) is 7.97. The van der Waals surface area contributed by atoms with E-state index in [-0.39, 0.29) is 5.91 Å². The summed E-state index contributed by atoms with van der Waals surface area (Å²) >= 11 is 1.65. The molecule has 0 aliphatic heterocycles. The molecule has 2 saturated carbocycles. The molecule has 0 spiro atoms. The van der Waals surface area contributed by atoms with Crippen molar-refractivity contribution in [3.8, 4) is 0 Å². The third-order valence-electron chi connectivity index (χ3n) is 5.06. The maximum atomic E-state index is 12.1. The number of hydrogen-bond acceptors (Lipinski definition) is 3. The number of hydrazone groups is 1. The number of carbonyl (C=O) groups excluding carboxylic acids is 1. The Morgan fingerprint density at radius 2 is 2.19 bits per heavy atom. The Morgan fingerprint density at radius 3 is 2.76 bits per heavy atom. The Kier molecular flexibility index (Phi) is 4.16. The summed E-state index contributed by atoms with van der Waals surface area (Å²) < 4.78 is 0. The van der Waals surface area contributed by atoms with Gasteiger partial charge in [-0.2, -0.15) is 5.10 Å². The molecule has 2 fully saturated rings. The monoisotopic (exact) mass is 304 g/mol. The smallest absolute Gasteiger partial charge is 0.267 e. The van der Waals surface area contributed by atoms with E-state index in [1.807, 2.05) is 11.4 Å². The third kappa shape index (κ3) is 3.05. The van der Waals surface area contributed by atoms with Gasteiger partial charge < -0.3 is 0 Å². The molecule has 1 N–H and O–H groups in total. The number of fused-ring (bicyclic) bond motifs is 2. The molecule has 114 valence electrons. The summed E-state index contributed by atoms with van der Waals surface area (Å²) in [6.45, 7) is 6.36. The predicted molar refractivity (Wildman–Crippen MR) is 87.9 cm³/mol. The lowest BCUT2D eigenvalue weighted by Gasteiger charge is -2.21. The van der Waals surface area contributed by atoms with E-state index in [0.29, 0.717) is 11.8 Å². The van der Waals surface area contributed by atoms with Gasteiger partial charge in [-0.3, -0.25) is 4.79 Å². The van der Waals surface area contributed by atoms with E-state index in [0.717, 1.165) is 23.1 Å². The lowest BCUT2D eigenvalue weighted by molar-refractivity contribution is 0.0955. The van der Waals surface area contributed by atoms with Gasteiger partial charge in [0.15, 0.2) is 0 Å². The van der Waals surface area contributed by atoms with Crippen molar-refractivity contribution in [1.29, 1.82) is 0 Å². The Labute approximate surface area is 130 Å². The quantitative estimate of drug-likeness (QED) is 0.649. The molecule has 21 heavy (non-hydrogen) atoms. The van der Waals surface area contributed by atoms with Crippen LogP contribution in [-0.2, 0) is 0 Å². The van der Waals surface area contributed by atoms with Crippen molar-refractivity contribution in [2.24, 2.45) is 22.9 Å². The van der Waals surface area contributed by atoms with Crippen molar-refractivity contribution >= 4 is 23.0 Å². The second-order valence-electron chi connectivity index (χ2n) is 6.87. The number of rotatable bonds is 4. The average Bonchev–Trinajstić information content (AvgIpc) is 3.18. The van der Waals surface area contributed by atoms with Gasteiger partial charge in [-0.15, -0.1) is 11.3 Å². The molecule has 4 heteroatoms. The van der Waals surface area contributed by atoms with Gasteiger partial charge >= 0.3 is 0 Å². The van der Waals surface area contributed by atoms with Gasteiger partial charge in [0.25, 0.3) is 5.91 Å². The first-order valence-corrected chi connectivity index (χ1v) is 8.85. The van der Waals surface area contributed by atoms with E-state index >= 15 is 0 Å². The van der Waals surface area contributed by atoms with Gasteiger partial charge in [-0.1, -0.05) is 20.3 Å². The number of hydrogen-bond donors (Lipinski definition) is 1. The highest BCUT2D eigenvalue weighted by molar-refractivity contribution is 7.10. The molecule has 3 atom stereocenters. The molecule has 2 aliphatic carbocycles. The van der Waals surface area contributed by atoms with E-state index < -0.39 is 0 Å². The highest BCUT2D eigenvalue weighted by Gasteiger charge is 2.40. The van der Waals surface area contributed by atoms with E-state index in [4.69, 9.17) is 0 Å². The summed E-state index contributed by atoms with van der Waals surface area (Å²) in [7, 11) is 0. The van der Waals surface area contributed by atoms with Crippen molar-refractivity contribution in [1.82, 2.24) is 5.43 Å². The zero-order valence-electron chi connectivity index (χ0n) is 13.1. The minimum absolute atomic E-state index is 0.0827. The summed E-state index contributed by atoms with van der Waals surface area (Å²) in [5.74, 6) is 2.70. The molecule has 3 rings (SSSR count). The number of nitrogens with zero attached hydrogens (tertiary/aromatic N) is 1. The fourth-order valence-corrected chi connectivity index (χ4v) is 4.72. The second-order valence-corrected chi connectivity index (χ2v) is 7.81. The summed E-state index contributed by atoms with van der Waals surface area (Å²) in [6.07, 6.45) is 5.38. The van der Waals surface area contributed by atoms with Crippen LogP contribution in [0, 0.1) is 17.8 Å². The molecule has 0 unspecified atom stereocenters. The van der Waals surface area contributed by atoms with Gasteiger partial charge in [-0.05, 0) is 50.0 Å². The molecule has 1 amide bonds. The van der Waals surface area contributed by atoms with Crippen LogP contribution in [0.5, 0.6) is 0 Å². The van der Waals surface area contributed by atoms with Crippen molar-refractivity contribution < 1.29 is 4.79 Å². The Bertz CT molecular complexity index is 561. The van der Waals surface area contributed by atoms with Gasteiger partial charge in [0.2, 0.25) is 0 Å². The Balaban J connectivity index is 1.60. The standard InChI is InChI=1S/C17H24N2OS/c1-10(2)16-8-14(9-21-16)17(20)19-18-11(3)15-7-12-4-5-13(15)6-12/h8-10,12-13,15H,4-7H2,1-3H3,(H,19,20)/b18-11-/t12-,13-,15+/m0/s1. The van der Waals surface area contributed by atoms with Crippen molar-refractivity contribution in [3.63, 3.8) is 0 Å². The summed E-state index contributed by atoms with van der Waals surface area (Å²) in [6, 6.07) is 1.98. The summed E-state index contributed by atoms with van der Waals surface area (Å²) in [5, 5.41) is 6.30. The molecule has 0 saturated heterocycles. The molecule has 1 heterocycles. The zero-order valence-corrected chi connectivity index (χ0v) is 13.9. The lowest BCUT2D eigenvalue weighted by atomic mass is 9.86. The highest BCUT2D eigenvalue weighted by atomic mass is 32.1. The van der Waals surface area contributed by atoms with Gasteiger partial charge in [-0.25, -0.2) is 5.43 Å². The summed E-state index contributed by atoms with van der Waals surface area (Å²) in [4.78, 5) is 13.4. The number of carbonyl (C=O) groups is 1. The minimum Gasteiger partial charge on any atom is -0.267 e. The lowest BCUT2D eigenvalue weighted by Crippen LogP contribution is -2.24. The van der Waals surface area contributed by atoms with Crippen molar-refractivity contribution in [2.45, 2.75) is 52.4 Å². The van der Waals surface area contributed by atoms with Crippen LogP contribution < -0.4 is 5.43 Å². The van der Waals surface area contributed by atoms with Gasteiger partial charge in [0.05, 0.1) is 5.56 Å². The molecule has 0 aromatic carbocycles. The van der Waals surface area contributed by atoms with E-state index in [9.17, 15) is 4.79 Å². The van der Waals surface area contributed by atoms with Crippen LogP contribution in [-0.4, -0.2) is 11.6 Å². The van der Waals surface area contributed by atoms with Crippen LogP contribution in [0.4, 0.5) is 0 Å². The van der Waals surface area contributed by atoms with Crippen molar-refractivity contribution in [3.05, 3.63) is 21.9 Å². The van der Waals surface area contributed by atoms with Crippen LogP contribution in [0.1, 0.15) is 67.6 Å². The first-order chi connectivity index (χ1) is 10.0. The number of thiophene rings is 1. The molecule has 1 aromatic heterocycles. The SMILES string of the molecule is C/C(=N/NC(=O)c1csc(C(C)C)c1)[C@H]1C[C@H]2CC[C@H]1C2. The highest BCUT2D eigenvalue weighted by Crippen LogP contribution is 2.48. The van der Waals surface area contributed by atoms with Gasteiger partial charge in [0.1, 0.15) is 0 Å². The minimum atomic E-state index is -0.0827. The maximum absolute atomic E-state index is 12.1. The Hall–Kier alpha value is -1.16. The normalized spacial score (nSPS) is 28.4. The fraction of sp³-hybridized carbons (Fsp3) is 0.647. The number of nitrogens with one attached hydrogen (secondary N) is 1. The molecular weight excluding hydrogens is 280 g/mol. The third-order valence-corrected chi connectivity index (χ3v) is 6.29. The van der Waals surface area contributed by atoms with Crippen LogP contribution in [0.3, 0.4) is 0 Å². The molecule has 2 bridgehead atoms. The second kappa shape index (κ2) is 5.91. The molecule has 2 aliphatic rings. The van der Waals surface area contributed by atoms with E-state index in [1.165, 1.54) is 30.6 Å². The van der Waals surface area contributed by atoms with Crippen molar-refractivity contribution in [2.75, 3.05) is 0 Å². The predicted octanol–water partition coefficient (Wildman–Crippen LogP) is 4.41. The van der Waals surface area contributed by atoms with Crippen LogP contribution in [0.25, 0.3) is 0 Å². The molecule has 0 radical (unpaired) electrons. The Morgan fingerprint density at radius 1 is 1.38 bits per heavy atom. The maximum Gasteiger partial charge on any atom is 0.272 e. The summed E-state index contributed by atoms with van der Waals surface area (Å²) in [5.41, 5.74) is 4.58. The van der Waals surface area contributed by atoms with E-state index in [1.54, 1.807) is 11.3 Å². The molecule has 3 nitrogen and oxygen atoms in total. The largest absolute Gasteiger partial charge is 0.272 e. The first kappa shape index (κ1) is 14.8. The zero-order chi connectivity index (χ0) is 15.0. The van der Waals surface area contributed by atoms with Crippen LogP contribution >= 0.6 is 11.3 Å².